The first-order chi connectivity index (χ1) is 7.31. The van der Waals surface area contributed by atoms with E-state index >= 15 is 0 Å². The van der Waals surface area contributed by atoms with Gasteiger partial charge in [-0.3, -0.25) is 4.90 Å². The summed E-state index contributed by atoms with van der Waals surface area (Å²) in [5, 5.41) is 0. The molecule has 82 valence electrons. The molecule has 0 aromatic rings. The fraction of sp³-hybridized carbons (Fsp3) is 1.00. The van der Waals surface area contributed by atoms with Gasteiger partial charge >= 0.3 is 0 Å². The summed E-state index contributed by atoms with van der Waals surface area (Å²) in [4.78, 5) is 2.09. The van der Waals surface area contributed by atoms with Gasteiger partial charge in [0.25, 0.3) is 0 Å². The van der Waals surface area contributed by atoms with Crippen molar-refractivity contribution in [2.24, 2.45) is 5.92 Å². The van der Waals surface area contributed by atoms with Gasteiger partial charge in [0, 0.05) is 20.9 Å². The molecule has 0 aliphatic carbocycles. The van der Waals surface area contributed by atoms with Crippen molar-refractivity contribution in [1.29, 1.82) is 0 Å². The van der Waals surface area contributed by atoms with E-state index in [1.807, 2.05) is 13.8 Å². The van der Waals surface area contributed by atoms with Crippen LogP contribution in [0.1, 0.15) is 49.1 Å². The molecule has 2 heteroatoms. The van der Waals surface area contributed by atoms with E-state index in [-0.39, 0.29) is 5.92 Å². The van der Waals surface area contributed by atoms with Gasteiger partial charge in [0.15, 0.2) is 0 Å². The van der Waals surface area contributed by atoms with Crippen molar-refractivity contribution in [1.82, 2.24) is 4.90 Å². The van der Waals surface area contributed by atoms with Gasteiger partial charge in [-0.25, -0.2) is 4.39 Å². The standard InChI is InChI=1S/C12H22FN/c1-9(2)6-12-5-4-10(3)14(12)8-11(13)7-12/h9-11H,4-8H2,1-3H3/t10-,11-,12-/m1/s1/i6D2. The van der Waals surface area contributed by atoms with Gasteiger partial charge in [0.1, 0.15) is 6.17 Å². The first-order valence-corrected chi connectivity index (χ1v) is 5.72. The average Bonchev–Trinajstić information content (AvgIpc) is 2.65. The SMILES string of the molecule is [2H]C([2H])(C(C)C)[C@@]12CC[C@@H](C)N1C[C@H](F)C2. The van der Waals surface area contributed by atoms with Crippen LogP contribution in [0.5, 0.6) is 0 Å². The number of rotatable bonds is 2. The fourth-order valence-electron chi connectivity index (χ4n) is 3.14. The van der Waals surface area contributed by atoms with Crippen molar-refractivity contribution in [2.45, 2.75) is 64.2 Å². The Morgan fingerprint density at radius 2 is 2.36 bits per heavy atom. The molecule has 2 aliphatic rings. The number of hydrogen-bond donors (Lipinski definition) is 0. The highest BCUT2D eigenvalue weighted by atomic mass is 19.1. The van der Waals surface area contributed by atoms with E-state index < -0.39 is 18.1 Å². The molecule has 2 rings (SSSR count). The smallest absolute Gasteiger partial charge is 0.115 e. The van der Waals surface area contributed by atoms with Gasteiger partial charge in [-0.2, -0.15) is 0 Å². The highest BCUT2D eigenvalue weighted by molar-refractivity contribution is 5.06. The number of halogens is 1. The van der Waals surface area contributed by atoms with Crippen LogP contribution in [0.3, 0.4) is 0 Å². The third-order valence-corrected chi connectivity index (χ3v) is 3.57. The van der Waals surface area contributed by atoms with Crippen molar-refractivity contribution >= 4 is 0 Å². The highest BCUT2D eigenvalue weighted by Crippen LogP contribution is 2.46. The van der Waals surface area contributed by atoms with Crippen LogP contribution in [0.2, 0.25) is 0 Å². The molecule has 0 spiro atoms. The Kier molecular flexibility index (Phi) is 2.01. The second kappa shape index (κ2) is 3.48. The van der Waals surface area contributed by atoms with Crippen molar-refractivity contribution in [2.75, 3.05) is 6.54 Å². The zero-order valence-electron chi connectivity index (χ0n) is 11.4. The molecule has 0 saturated carbocycles. The second-order valence-corrected chi connectivity index (χ2v) is 5.17. The molecule has 2 fully saturated rings. The van der Waals surface area contributed by atoms with Gasteiger partial charge in [-0.1, -0.05) is 13.8 Å². The highest BCUT2D eigenvalue weighted by Gasteiger charge is 2.51. The van der Waals surface area contributed by atoms with Crippen LogP contribution < -0.4 is 0 Å². The van der Waals surface area contributed by atoms with E-state index in [2.05, 4.69) is 11.8 Å². The Bertz CT molecular complexity index is 282. The summed E-state index contributed by atoms with van der Waals surface area (Å²) in [7, 11) is 0. The molecule has 2 aliphatic heterocycles. The first kappa shape index (κ1) is 8.09. The van der Waals surface area contributed by atoms with Crippen molar-refractivity contribution in [3.05, 3.63) is 0 Å². The van der Waals surface area contributed by atoms with Gasteiger partial charge in [0.2, 0.25) is 0 Å². The monoisotopic (exact) mass is 201 g/mol. The predicted molar refractivity (Wildman–Crippen MR) is 57.1 cm³/mol. The maximum absolute atomic E-state index is 13.6. The number of hydrogen-bond acceptors (Lipinski definition) is 1. The molecule has 2 heterocycles. The summed E-state index contributed by atoms with van der Waals surface area (Å²) in [6.45, 7) is 6.33. The van der Waals surface area contributed by atoms with Gasteiger partial charge in [-0.15, -0.1) is 0 Å². The van der Waals surface area contributed by atoms with E-state index in [0.29, 0.717) is 19.0 Å². The lowest BCUT2D eigenvalue weighted by molar-refractivity contribution is 0.132. The molecule has 0 N–H and O–H groups in total. The maximum Gasteiger partial charge on any atom is 0.115 e. The lowest BCUT2D eigenvalue weighted by Crippen LogP contribution is -2.42. The minimum atomic E-state index is -1.29. The fourth-order valence-corrected chi connectivity index (χ4v) is 3.14. The van der Waals surface area contributed by atoms with Crippen LogP contribution in [0.25, 0.3) is 0 Å². The second-order valence-electron chi connectivity index (χ2n) is 5.17. The summed E-state index contributed by atoms with van der Waals surface area (Å²) in [5.74, 6) is -0.0643. The summed E-state index contributed by atoms with van der Waals surface area (Å²) in [6, 6.07) is 0.328. The van der Waals surface area contributed by atoms with Crippen LogP contribution in [0.15, 0.2) is 0 Å². The Morgan fingerprint density at radius 3 is 3.00 bits per heavy atom. The Balaban J connectivity index is 2.35. The molecule has 0 aromatic heterocycles. The maximum atomic E-state index is 13.6. The lowest BCUT2D eigenvalue weighted by Gasteiger charge is -2.35. The molecule has 0 bridgehead atoms. The van der Waals surface area contributed by atoms with Gasteiger partial charge < -0.3 is 0 Å². The van der Waals surface area contributed by atoms with Crippen molar-refractivity contribution in [3.8, 4) is 0 Å². The topological polar surface area (TPSA) is 3.24 Å². The first-order valence-electron chi connectivity index (χ1n) is 6.72. The summed E-state index contributed by atoms with van der Waals surface area (Å²) >= 11 is 0. The van der Waals surface area contributed by atoms with Crippen LogP contribution in [0.4, 0.5) is 4.39 Å². The predicted octanol–water partition coefficient (Wildman–Crippen LogP) is 3.00. The number of nitrogens with zero attached hydrogens (tertiary/aromatic N) is 1. The van der Waals surface area contributed by atoms with E-state index in [1.165, 1.54) is 0 Å². The molecular weight excluding hydrogens is 177 g/mol. The molecule has 1 nitrogen and oxygen atoms in total. The minimum absolute atomic E-state index is 0.0643. The Morgan fingerprint density at radius 1 is 1.64 bits per heavy atom. The molecule has 2 saturated heterocycles. The van der Waals surface area contributed by atoms with E-state index in [9.17, 15) is 4.39 Å². The average molecular weight is 201 g/mol. The van der Waals surface area contributed by atoms with Crippen LogP contribution in [-0.4, -0.2) is 29.2 Å². The van der Waals surface area contributed by atoms with Gasteiger partial charge in [0.05, 0.1) is 0 Å². The lowest BCUT2D eigenvalue weighted by atomic mass is 9.85. The van der Waals surface area contributed by atoms with Crippen LogP contribution in [-0.2, 0) is 0 Å². The number of alkyl halides is 1. The van der Waals surface area contributed by atoms with E-state index in [0.717, 1.165) is 12.8 Å². The summed E-state index contributed by atoms with van der Waals surface area (Å²) < 4.78 is 30.3. The van der Waals surface area contributed by atoms with Crippen molar-refractivity contribution in [3.63, 3.8) is 0 Å². The normalized spacial score (nSPS) is 46.6. The summed E-state index contributed by atoms with van der Waals surface area (Å²) in [5.41, 5.74) is -0.542. The largest absolute Gasteiger partial charge is 0.292 e. The molecule has 0 radical (unpaired) electrons. The van der Waals surface area contributed by atoms with E-state index in [1.54, 1.807) is 0 Å². The third-order valence-electron chi connectivity index (χ3n) is 3.57. The molecule has 0 aromatic carbocycles. The van der Waals surface area contributed by atoms with Gasteiger partial charge in [-0.05, 0) is 38.5 Å². The summed E-state index contributed by atoms with van der Waals surface area (Å²) in [6.07, 6.45) is 0.0383. The minimum Gasteiger partial charge on any atom is -0.292 e. The van der Waals surface area contributed by atoms with Crippen LogP contribution in [0, 0.1) is 5.92 Å². The zero-order valence-corrected chi connectivity index (χ0v) is 9.39. The molecular formula is C12H22FN. The molecule has 0 amide bonds. The molecule has 14 heavy (non-hydrogen) atoms. The van der Waals surface area contributed by atoms with Crippen LogP contribution >= 0.6 is 0 Å². The Hall–Kier alpha value is -0.110. The Labute approximate surface area is 89.5 Å². The quantitative estimate of drug-likeness (QED) is 0.664. The number of fused-ring (bicyclic) bond motifs is 1. The molecule has 0 unspecified atom stereocenters. The van der Waals surface area contributed by atoms with E-state index in [4.69, 9.17) is 2.74 Å². The molecule has 3 atom stereocenters. The van der Waals surface area contributed by atoms with Crippen molar-refractivity contribution < 1.29 is 7.13 Å². The third kappa shape index (κ3) is 1.58. The zero-order chi connectivity index (χ0) is 12.1.